The molecule has 0 aromatic heterocycles. The van der Waals surface area contributed by atoms with E-state index in [-0.39, 0.29) is 5.41 Å². The number of nitrogens with zero attached hydrogens (tertiary/aromatic N) is 1. The Hall–Kier alpha value is -0.410. The third kappa shape index (κ3) is 3.28. The molecule has 1 saturated heterocycles. The quantitative estimate of drug-likeness (QED) is 0.629. The first-order valence-corrected chi connectivity index (χ1v) is 5.91. The van der Waals surface area contributed by atoms with Crippen molar-refractivity contribution in [3.05, 3.63) is 0 Å². The molecule has 1 rings (SSSR count). The van der Waals surface area contributed by atoms with Gasteiger partial charge in [0.1, 0.15) is 6.29 Å². The first-order valence-electron chi connectivity index (χ1n) is 5.91. The minimum atomic E-state index is -0.237. The van der Waals surface area contributed by atoms with Gasteiger partial charge in [-0.25, -0.2) is 0 Å². The fraction of sp³-hybridized carbons (Fsp3) is 0.917. The molecule has 0 radical (unpaired) electrons. The van der Waals surface area contributed by atoms with E-state index in [1.54, 1.807) is 0 Å². The van der Waals surface area contributed by atoms with E-state index in [9.17, 15) is 4.79 Å². The van der Waals surface area contributed by atoms with Gasteiger partial charge < -0.3 is 9.53 Å². The van der Waals surface area contributed by atoms with Gasteiger partial charge in [0.25, 0.3) is 0 Å². The van der Waals surface area contributed by atoms with Crippen LogP contribution in [0.1, 0.15) is 33.6 Å². The summed E-state index contributed by atoms with van der Waals surface area (Å²) >= 11 is 0. The standard InChI is InChI=1S/C12H23NO2/c1-4-6-13(11(2)3)8-12(9-14)5-7-15-10-12/h9,11H,4-8,10H2,1-3H3. The highest BCUT2D eigenvalue weighted by Crippen LogP contribution is 2.28. The van der Waals surface area contributed by atoms with Gasteiger partial charge in [0.2, 0.25) is 0 Å². The second-order valence-corrected chi connectivity index (χ2v) is 4.85. The van der Waals surface area contributed by atoms with Crippen molar-refractivity contribution in [2.75, 3.05) is 26.3 Å². The van der Waals surface area contributed by atoms with Crippen LogP contribution in [-0.2, 0) is 9.53 Å². The highest BCUT2D eigenvalue weighted by Gasteiger charge is 2.36. The molecule has 1 aliphatic heterocycles. The Balaban J connectivity index is 2.58. The lowest BCUT2D eigenvalue weighted by Crippen LogP contribution is -2.43. The number of carbonyl (C=O) groups excluding carboxylic acids is 1. The van der Waals surface area contributed by atoms with Crippen molar-refractivity contribution in [1.29, 1.82) is 0 Å². The highest BCUT2D eigenvalue weighted by atomic mass is 16.5. The van der Waals surface area contributed by atoms with E-state index in [0.29, 0.717) is 12.6 Å². The van der Waals surface area contributed by atoms with E-state index < -0.39 is 0 Å². The van der Waals surface area contributed by atoms with Gasteiger partial charge in [0.15, 0.2) is 0 Å². The van der Waals surface area contributed by atoms with Gasteiger partial charge in [-0.2, -0.15) is 0 Å². The Morgan fingerprint density at radius 3 is 2.67 bits per heavy atom. The lowest BCUT2D eigenvalue weighted by Gasteiger charge is -2.32. The van der Waals surface area contributed by atoms with Crippen LogP contribution in [0.15, 0.2) is 0 Å². The Bertz CT molecular complexity index is 198. The molecular formula is C12H23NO2. The molecule has 0 aliphatic carbocycles. The van der Waals surface area contributed by atoms with E-state index in [1.807, 2.05) is 0 Å². The van der Waals surface area contributed by atoms with Gasteiger partial charge in [-0.05, 0) is 33.2 Å². The SMILES string of the molecule is CCCN(CC1(C=O)CCOC1)C(C)C. The van der Waals surface area contributed by atoms with Crippen molar-refractivity contribution in [3.63, 3.8) is 0 Å². The zero-order chi connectivity index (χ0) is 11.3. The Morgan fingerprint density at radius 1 is 1.53 bits per heavy atom. The predicted octanol–water partition coefficient (Wildman–Crippen LogP) is 1.71. The van der Waals surface area contributed by atoms with E-state index in [4.69, 9.17) is 4.74 Å². The zero-order valence-electron chi connectivity index (χ0n) is 10.2. The first-order chi connectivity index (χ1) is 7.13. The van der Waals surface area contributed by atoms with E-state index in [0.717, 1.165) is 38.8 Å². The Morgan fingerprint density at radius 2 is 2.27 bits per heavy atom. The number of aldehydes is 1. The largest absolute Gasteiger partial charge is 0.380 e. The fourth-order valence-corrected chi connectivity index (χ4v) is 2.09. The van der Waals surface area contributed by atoms with Gasteiger partial charge in [-0.15, -0.1) is 0 Å². The summed E-state index contributed by atoms with van der Waals surface area (Å²) in [5.41, 5.74) is -0.237. The van der Waals surface area contributed by atoms with Gasteiger partial charge in [-0.3, -0.25) is 4.90 Å². The van der Waals surface area contributed by atoms with Crippen LogP contribution in [0.5, 0.6) is 0 Å². The van der Waals surface area contributed by atoms with Crippen LogP contribution in [0.25, 0.3) is 0 Å². The normalized spacial score (nSPS) is 26.5. The number of carbonyl (C=O) groups is 1. The number of hydrogen-bond donors (Lipinski definition) is 0. The van der Waals surface area contributed by atoms with E-state index in [2.05, 4.69) is 25.7 Å². The second kappa shape index (κ2) is 5.61. The molecule has 15 heavy (non-hydrogen) atoms. The molecule has 0 aromatic rings. The number of rotatable bonds is 6. The first kappa shape index (κ1) is 12.7. The average molecular weight is 213 g/mol. The maximum absolute atomic E-state index is 11.2. The molecule has 0 spiro atoms. The van der Waals surface area contributed by atoms with Crippen molar-refractivity contribution in [2.45, 2.75) is 39.7 Å². The Labute approximate surface area is 92.8 Å². The topological polar surface area (TPSA) is 29.5 Å². The molecule has 0 aromatic carbocycles. The lowest BCUT2D eigenvalue weighted by atomic mass is 9.88. The second-order valence-electron chi connectivity index (χ2n) is 4.85. The maximum atomic E-state index is 11.2. The summed E-state index contributed by atoms with van der Waals surface area (Å²) in [6, 6.07) is 0.502. The molecule has 0 amide bonds. The summed E-state index contributed by atoms with van der Waals surface area (Å²) in [6.07, 6.45) is 3.11. The molecule has 1 aliphatic rings. The van der Waals surface area contributed by atoms with Crippen molar-refractivity contribution in [3.8, 4) is 0 Å². The van der Waals surface area contributed by atoms with Gasteiger partial charge in [0.05, 0.1) is 12.0 Å². The third-order valence-electron chi connectivity index (χ3n) is 3.14. The van der Waals surface area contributed by atoms with E-state index in [1.165, 1.54) is 0 Å². The molecule has 0 bridgehead atoms. The van der Waals surface area contributed by atoms with Crippen LogP contribution in [-0.4, -0.2) is 43.5 Å². The molecule has 1 atom stereocenters. The lowest BCUT2D eigenvalue weighted by molar-refractivity contribution is -0.117. The highest BCUT2D eigenvalue weighted by molar-refractivity contribution is 5.60. The Kier molecular flexibility index (Phi) is 4.74. The zero-order valence-corrected chi connectivity index (χ0v) is 10.2. The number of hydrogen-bond acceptors (Lipinski definition) is 3. The van der Waals surface area contributed by atoms with Crippen molar-refractivity contribution >= 4 is 6.29 Å². The summed E-state index contributed by atoms with van der Waals surface area (Å²) in [5, 5.41) is 0. The fourth-order valence-electron chi connectivity index (χ4n) is 2.09. The maximum Gasteiger partial charge on any atom is 0.129 e. The summed E-state index contributed by atoms with van der Waals surface area (Å²) in [5.74, 6) is 0. The summed E-state index contributed by atoms with van der Waals surface area (Å²) in [7, 11) is 0. The molecule has 0 saturated carbocycles. The average Bonchev–Trinajstić information content (AvgIpc) is 2.66. The third-order valence-corrected chi connectivity index (χ3v) is 3.14. The molecular weight excluding hydrogens is 190 g/mol. The van der Waals surface area contributed by atoms with Crippen molar-refractivity contribution in [2.24, 2.45) is 5.41 Å². The summed E-state index contributed by atoms with van der Waals surface area (Å²) in [6.45, 7) is 9.79. The van der Waals surface area contributed by atoms with Crippen molar-refractivity contribution in [1.82, 2.24) is 4.90 Å². The molecule has 3 heteroatoms. The molecule has 3 nitrogen and oxygen atoms in total. The summed E-state index contributed by atoms with van der Waals surface area (Å²) in [4.78, 5) is 13.6. The van der Waals surface area contributed by atoms with Crippen LogP contribution in [0.4, 0.5) is 0 Å². The van der Waals surface area contributed by atoms with Crippen LogP contribution >= 0.6 is 0 Å². The molecule has 1 heterocycles. The van der Waals surface area contributed by atoms with Crippen LogP contribution in [0.2, 0.25) is 0 Å². The predicted molar refractivity (Wildman–Crippen MR) is 60.9 cm³/mol. The van der Waals surface area contributed by atoms with E-state index >= 15 is 0 Å². The molecule has 1 unspecified atom stereocenters. The minimum absolute atomic E-state index is 0.237. The van der Waals surface area contributed by atoms with Crippen LogP contribution in [0, 0.1) is 5.41 Å². The smallest absolute Gasteiger partial charge is 0.129 e. The van der Waals surface area contributed by atoms with Gasteiger partial charge >= 0.3 is 0 Å². The summed E-state index contributed by atoms with van der Waals surface area (Å²) < 4.78 is 5.35. The monoisotopic (exact) mass is 213 g/mol. The van der Waals surface area contributed by atoms with Gasteiger partial charge in [-0.1, -0.05) is 6.92 Å². The number of ether oxygens (including phenoxy) is 1. The van der Waals surface area contributed by atoms with Crippen LogP contribution < -0.4 is 0 Å². The van der Waals surface area contributed by atoms with Crippen molar-refractivity contribution < 1.29 is 9.53 Å². The molecule has 88 valence electrons. The molecule has 1 fully saturated rings. The van der Waals surface area contributed by atoms with Crippen LogP contribution in [0.3, 0.4) is 0 Å². The molecule has 0 N–H and O–H groups in total. The van der Waals surface area contributed by atoms with Gasteiger partial charge in [0, 0.05) is 19.2 Å². The minimum Gasteiger partial charge on any atom is -0.380 e.